The minimum Gasteiger partial charge on any atom is -0.367 e. The molecule has 174 valence electrons. The van der Waals surface area contributed by atoms with E-state index in [1.807, 2.05) is 67.5 Å². The van der Waals surface area contributed by atoms with Crippen molar-refractivity contribution in [2.75, 3.05) is 38.0 Å². The van der Waals surface area contributed by atoms with E-state index in [-0.39, 0.29) is 5.91 Å². The summed E-state index contributed by atoms with van der Waals surface area (Å²) >= 11 is 0. The Balaban J connectivity index is 1.30. The minimum atomic E-state index is -0.569. The second kappa shape index (κ2) is 10.6. The summed E-state index contributed by atoms with van der Waals surface area (Å²) in [5.41, 5.74) is 1.82. The first-order valence-electron chi connectivity index (χ1n) is 11.6. The van der Waals surface area contributed by atoms with Crippen molar-refractivity contribution in [3.05, 3.63) is 60.2 Å². The lowest BCUT2D eigenvalue weighted by Crippen LogP contribution is -2.36. The van der Waals surface area contributed by atoms with Gasteiger partial charge in [0.2, 0.25) is 5.95 Å². The van der Waals surface area contributed by atoms with Crippen LogP contribution in [0.25, 0.3) is 10.9 Å². The lowest BCUT2D eigenvalue weighted by molar-refractivity contribution is -0.131. The number of ether oxygens (including phenoxy) is 1. The Morgan fingerprint density at radius 3 is 2.42 bits per heavy atom. The summed E-state index contributed by atoms with van der Waals surface area (Å²) in [6.07, 6.45) is 3.59. The van der Waals surface area contributed by atoms with Crippen LogP contribution >= 0.6 is 0 Å². The zero-order valence-corrected chi connectivity index (χ0v) is 19.6. The first kappa shape index (κ1) is 23.0. The molecule has 0 radical (unpaired) electrons. The number of rotatable bonds is 8. The number of anilines is 2. The van der Waals surface area contributed by atoms with Gasteiger partial charge in [-0.05, 0) is 49.3 Å². The molecule has 0 bridgehead atoms. The van der Waals surface area contributed by atoms with E-state index in [0.717, 1.165) is 48.0 Å². The van der Waals surface area contributed by atoms with Crippen LogP contribution in [0, 0.1) is 5.92 Å². The van der Waals surface area contributed by atoms with Crippen LogP contribution in [-0.2, 0) is 9.53 Å². The average Bonchev–Trinajstić information content (AvgIpc) is 2.84. The monoisotopic (exact) mass is 447 g/mol. The normalized spacial score (nSPS) is 19.1. The minimum absolute atomic E-state index is 0.0790. The van der Waals surface area contributed by atoms with E-state index in [1.165, 1.54) is 0 Å². The van der Waals surface area contributed by atoms with Crippen LogP contribution in [-0.4, -0.2) is 49.7 Å². The molecule has 2 N–H and O–H groups in total. The number of nitrogens with zero attached hydrogens (tertiary/aromatic N) is 3. The molecule has 1 saturated carbocycles. The highest BCUT2D eigenvalue weighted by molar-refractivity contribution is 5.90. The Morgan fingerprint density at radius 2 is 1.73 bits per heavy atom. The van der Waals surface area contributed by atoms with Crippen molar-refractivity contribution in [3.8, 4) is 0 Å². The number of fused-ring (bicyclic) bond motifs is 1. The van der Waals surface area contributed by atoms with Gasteiger partial charge in [0, 0.05) is 39.2 Å². The van der Waals surface area contributed by atoms with Gasteiger partial charge in [0.15, 0.2) is 6.10 Å². The van der Waals surface area contributed by atoms with E-state index in [9.17, 15) is 4.79 Å². The first-order chi connectivity index (χ1) is 16.0. The summed E-state index contributed by atoms with van der Waals surface area (Å²) in [6, 6.07) is 18.0. The molecule has 1 unspecified atom stereocenters. The van der Waals surface area contributed by atoms with Crippen molar-refractivity contribution in [1.82, 2.24) is 15.3 Å². The molecule has 1 aliphatic carbocycles. The number of methoxy groups -OCH3 is 1. The predicted molar refractivity (Wildman–Crippen MR) is 132 cm³/mol. The number of nitrogens with one attached hydrogen (secondary N) is 2. The van der Waals surface area contributed by atoms with Crippen LogP contribution in [0.15, 0.2) is 54.6 Å². The maximum Gasteiger partial charge on any atom is 0.253 e. The number of carbonyl (C=O) groups excluding carboxylic acids is 1. The van der Waals surface area contributed by atoms with E-state index < -0.39 is 6.10 Å². The van der Waals surface area contributed by atoms with Gasteiger partial charge in [-0.3, -0.25) is 4.79 Å². The maximum absolute atomic E-state index is 12.6. The molecule has 2 aromatic carbocycles. The van der Waals surface area contributed by atoms with Crippen LogP contribution < -0.4 is 15.5 Å². The summed E-state index contributed by atoms with van der Waals surface area (Å²) in [4.78, 5) is 24.2. The molecule has 1 amide bonds. The summed E-state index contributed by atoms with van der Waals surface area (Å²) in [5.74, 6) is 1.99. The average molecular weight is 448 g/mol. The molecule has 3 aromatic rings. The zero-order chi connectivity index (χ0) is 23.2. The fourth-order valence-corrected chi connectivity index (χ4v) is 4.52. The first-order valence-corrected chi connectivity index (χ1v) is 11.6. The highest BCUT2D eigenvalue weighted by atomic mass is 16.5. The molecular formula is C26H33N5O2. The molecule has 7 heteroatoms. The van der Waals surface area contributed by atoms with Crippen molar-refractivity contribution < 1.29 is 9.53 Å². The molecule has 1 aromatic heterocycles. The molecule has 0 spiro atoms. The molecule has 0 saturated heterocycles. The van der Waals surface area contributed by atoms with E-state index in [1.54, 1.807) is 7.11 Å². The van der Waals surface area contributed by atoms with Crippen molar-refractivity contribution in [2.24, 2.45) is 5.92 Å². The van der Waals surface area contributed by atoms with Gasteiger partial charge in [0.25, 0.3) is 5.91 Å². The van der Waals surface area contributed by atoms with Gasteiger partial charge < -0.3 is 20.3 Å². The van der Waals surface area contributed by atoms with Crippen molar-refractivity contribution in [3.63, 3.8) is 0 Å². The molecular weight excluding hydrogens is 414 g/mol. The highest BCUT2D eigenvalue weighted by Crippen LogP contribution is 2.28. The van der Waals surface area contributed by atoms with Gasteiger partial charge >= 0.3 is 0 Å². The fourth-order valence-electron chi connectivity index (χ4n) is 4.52. The largest absolute Gasteiger partial charge is 0.367 e. The molecule has 1 fully saturated rings. The van der Waals surface area contributed by atoms with Crippen molar-refractivity contribution in [1.29, 1.82) is 0 Å². The summed E-state index contributed by atoms with van der Waals surface area (Å²) in [5, 5.41) is 7.69. The second-order valence-electron chi connectivity index (χ2n) is 8.92. The third kappa shape index (κ3) is 5.60. The Kier molecular flexibility index (Phi) is 7.40. The standard InChI is InChI=1S/C26H33N5O2/c1-31(2)24-21-11-7-8-12-22(21)29-26(30-24)28-20-15-13-18(14-16-20)17-27-25(32)23(33-3)19-9-5-4-6-10-19/h4-12,18,20,23H,13-17H2,1-3H3,(H,27,32)(H,28,29,30). The predicted octanol–water partition coefficient (Wildman–Crippen LogP) is 4.17. The molecule has 1 heterocycles. The van der Waals surface area contributed by atoms with Gasteiger partial charge in [-0.2, -0.15) is 4.98 Å². The Morgan fingerprint density at radius 1 is 1.03 bits per heavy atom. The smallest absolute Gasteiger partial charge is 0.253 e. The Hall–Kier alpha value is -3.19. The summed E-state index contributed by atoms with van der Waals surface area (Å²) < 4.78 is 5.44. The maximum atomic E-state index is 12.6. The van der Waals surface area contributed by atoms with E-state index in [4.69, 9.17) is 14.7 Å². The highest BCUT2D eigenvalue weighted by Gasteiger charge is 2.25. The number of carbonyl (C=O) groups is 1. The zero-order valence-electron chi connectivity index (χ0n) is 19.6. The van der Waals surface area contributed by atoms with Gasteiger partial charge in [-0.15, -0.1) is 0 Å². The van der Waals surface area contributed by atoms with Crippen LogP contribution in [0.2, 0.25) is 0 Å². The lowest BCUT2D eigenvalue weighted by atomic mass is 9.86. The molecule has 0 aliphatic heterocycles. The molecule has 4 rings (SSSR count). The number of aromatic nitrogens is 2. The van der Waals surface area contributed by atoms with Crippen LogP contribution in [0.5, 0.6) is 0 Å². The van der Waals surface area contributed by atoms with E-state index in [0.29, 0.717) is 24.5 Å². The van der Waals surface area contributed by atoms with Gasteiger partial charge in [0.05, 0.1) is 5.52 Å². The number of hydrogen-bond donors (Lipinski definition) is 2. The van der Waals surface area contributed by atoms with Gasteiger partial charge in [-0.1, -0.05) is 42.5 Å². The summed E-state index contributed by atoms with van der Waals surface area (Å²) in [6.45, 7) is 0.676. The molecule has 7 nitrogen and oxygen atoms in total. The third-order valence-corrected chi connectivity index (χ3v) is 6.33. The Labute approximate surface area is 195 Å². The van der Waals surface area contributed by atoms with Crippen LogP contribution in [0.4, 0.5) is 11.8 Å². The molecule has 33 heavy (non-hydrogen) atoms. The molecule has 1 aliphatic rings. The Bertz CT molecular complexity index is 1060. The summed E-state index contributed by atoms with van der Waals surface area (Å²) in [7, 11) is 5.58. The third-order valence-electron chi connectivity index (χ3n) is 6.33. The van der Waals surface area contributed by atoms with E-state index >= 15 is 0 Å². The van der Waals surface area contributed by atoms with Gasteiger partial charge in [0.1, 0.15) is 5.82 Å². The van der Waals surface area contributed by atoms with Gasteiger partial charge in [-0.25, -0.2) is 4.98 Å². The fraction of sp³-hybridized carbons (Fsp3) is 0.423. The second-order valence-corrected chi connectivity index (χ2v) is 8.92. The number of benzene rings is 2. The van der Waals surface area contributed by atoms with E-state index in [2.05, 4.69) is 16.7 Å². The van der Waals surface area contributed by atoms with Crippen LogP contribution in [0.3, 0.4) is 0 Å². The lowest BCUT2D eigenvalue weighted by Gasteiger charge is -2.30. The van der Waals surface area contributed by atoms with Crippen LogP contribution in [0.1, 0.15) is 37.4 Å². The topological polar surface area (TPSA) is 79.4 Å². The number of hydrogen-bond acceptors (Lipinski definition) is 6. The van der Waals surface area contributed by atoms with Crippen molar-refractivity contribution >= 4 is 28.6 Å². The molecule has 1 atom stereocenters. The quantitative estimate of drug-likeness (QED) is 0.540. The number of amides is 1. The van der Waals surface area contributed by atoms with Crippen molar-refractivity contribution in [2.45, 2.75) is 37.8 Å². The SMILES string of the molecule is COC(C(=O)NCC1CCC(Nc2nc(N(C)C)c3ccccc3n2)CC1)c1ccccc1. The number of para-hydroxylation sites is 1.